The minimum absolute atomic E-state index is 0.0604. The van der Waals surface area contributed by atoms with Gasteiger partial charge in [0.25, 0.3) is 5.78 Å². The van der Waals surface area contributed by atoms with Crippen LogP contribution in [-0.4, -0.2) is 39.6 Å². The number of hydrogen-bond donors (Lipinski definition) is 1. The van der Waals surface area contributed by atoms with Gasteiger partial charge in [0, 0.05) is 13.0 Å². The van der Waals surface area contributed by atoms with Crippen LogP contribution in [0, 0.1) is 0 Å². The van der Waals surface area contributed by atoms with Gasteiger partial charge in [-0.15, -0.1) is 0 Å². The van der Waals surface area contributed by atoms with Gasteiger partial charge < -0.3 is 15.4 Å². The molecule has 0 rings (SSSR count). The molecule has 0 aliphatic carbocycles. The van der Waals surface area contributed by atoms with E-state index in [2.05, 4.69) is 4.79 Å². The summed E-state index contributed by atoms with van der Waals surface area (Å²) in [6, 6.07) is 0. The summed E-state index contributed by atoms with van der Waals surface area (Å²) in [6.45, 7) is 4.74. The quantitative estimate of drug-likeness (QED) is 0.241. The second-order valence-electron chi connectivity index (χ2n) is 4.20. The van der Waals surface area contributed by atoms with Gasteiger partial charge >= 0.3 is 11.7 Å². The SMILES string of the molecule is CC(C)(C)OC(=O)C(=[N+]=[N-])C(=O)CCCO. The maximum Gasteiger partial charge on any atom is 0.441 e. The molecule has 16 heavy (non-hydrogen) atoms. The van der Waals surface area contributed by atoms with Crippen molar-refractivity contribution in [2.24, 2.45) is 0 Å². The van der Waals surface area contributed by atoms with Crippen LogP contribution in [0.4, 0.5) is 0 Å². The number of carbonyl (C=O) groups excluding carboxylic acids is 2. The van der Waals surface area contributed by atoms with Crippen LogP contribution in [0.25, 0.3) is 5.53 Å². The van der Waals surface area contributed by atoms with E-state index in [1.54, 1.807) is 20.8 Å². The molecular formula is C10H16N2O4. The summed E-state index contributed by atoms with van der Waals surface area (Å²) in [5.41, 5.74) is 7.17. The minimum Gasteiger partial charge on any atom is -0.451 e. The number of aliphatic hydroxyl groups excluding tert-OH is 1. The van der Waals surface area contributed by atoms with Gasteiger partial charge in [0.05, 0.1) is 0 Å². The molecule has 0 atom stereocenters. The molecule has 0 radical (unpaired) electrons. The summed E-state index contributed by atoms with van der Waals surface area (Å²) in [5, 5.41) is 8.52. The third-order valence-corrected chi connectivity index (χ3v) is 1.52. The van der Waals surface area contributed by atoms with Crippen molar-refractivity contribution in [1.82, 2.24) is 0 Å². The first kappa shape index (κ1) is 14.5. The lowest BCUT2D eigenvalue weighted by Crippen LogP contribution is -2.33. The molecule has 90 valence electrons. The van der Waals surface area contributed by atoms with Gasteiger partial charge in [-0.25, -0.2) is 4.79 Å². The van der Waals surface area contributed by atoms with Gasteiger partial charge in [0.15, 0.2) is 0 Å². The fraction of sp³-hybridized carbons (Fsp3) is 0.700. The molecule has 1 N–H and O–H groups in total. The van der Waals surface area contributed by atoms with Gasteiger partial charge in [-0.05, 0) is 27.2 Å². The highest BCUT2D eigenvalue weighted by molar-refractivity contribution is 6.62. The van der Waals surface area contributed by atoms with Crippen molar-refractivity contribution in [3.05, 3.63) is 5.53 Å². The summed E-state index contributed by atoms with van der Waals surface area (Å²) in [6.07, 6.45) is 0.149. The minimum atomic E-state index is -0.960. The lowest BCUT2D eigenvalue weighted by Gasteiger charge is -2.17. The molecule has 0 fully saturated rings. The summed E-state index contributed by atoms with van der Waals surface area (Å²) in [7, 11) is 0. The molecular weight excluding hydrogens is 212 g/mol. The van der Waals surface area contributed by atoms with Crippen LogP contribution in [-0.2, 0) is 14.3 Å². The Morgan fingerprint density at radius 3 is 2.31 bits per heavy atom. The molecule has 0 aromatic carbocycles. The monoisotopic (exact) mass is 228 g/mol. The Bertz CT molecular complexity index is 324. The van der Waals surface area contributed by atoms with Crippen molar-refractivity contribution in [1.29, 1.82) is 0 Å². The van der Waals surface area contributed by atoms with Crippen molar-refractivity contribution in [2.45, 2.75) is 39.2 Å². The van der Waals surface area contributed by atoms with E-state index in [0.29, 0.717) is 0 Å². The van der Waals surface area contributed by atoms with Crippen molar-refractivity contribution in [3.63, 3.8) is 0 Å². The fourth-order valence-corrected chi connectivity index (χ4v) is 0.895. The van der Waals surface area contributed by atoms with E-state index >= 15 is 0 Å². The molecule has 0 aliphatic rings. The predicted molar refractivity (Wildman–Crippen MR) is 55.8 cm³/mol. The average Bonchev–Trinajstić information content (AvgIpc) is 2.12. The smallest absolute Gasteiger partial charge is 0.441 e. The van der Waals surface area contributed by atoms with Crippen LogP contribution in [0.15, 0.2) is 0 Å². The van der Waals surface area contributed by atoms with Crippen molar-refractivity contribution >= 4 is 17.5 Å². The highest BCUT2D eigenvalue weighted by atomic mass is 16.6. The molecule has 0 aromatic rings. The van der Waals surface area contributed by atoms with Crippen LogP contribution >= 0.6 is 0 Å². The van der Waals surface area contributed by atoms with Crippen molar-refractivity contribution in [3.8, 4) is 0 Å². The zero-order valence-corrected chi connectivity index (χ0v) is 9.69. The molecule has 0 aliphatic heterocycles. The highest BCUT2D eigenvalue weighted by Gasteiger charge is 2.33. The number of aliphatic hydroxyl groups is 1. The lowest BCUT2D eigenvalue weighted by atomic mass is 10.1. The third-order valence-electron chi connectivity index (χ3n) is 1.52. The molecule has 0 saturated carbocycles. The second-order valence-corrected chi connectivity index (χ2v) is 4.20. The Morgan fingerprint density at radius 1 is 1.38 bits per heavy atom. The third kappa shape index (κ3) is 5.38. The molecule has 0 amide bonds. The van der Waals surface area contributed by atoms with E-state index in [-0.39, 0.29) is 19.4 Å². The van der Waals surface area contributed by atoms with Gasteiger partial charge in [0.2, 0.25) is 0 Å². The number of hydrogen-bond acceptors (Lipinski definition) is 4. The van der Waals surface area contributed by atoms with Crippen LogP contribution in [0.5, 0.6) is 0 Å². The molecule has 0 spiro atoms. The largest absolute Gasteiger partial charge is 0.451 e. The second kappa shape index (κ2) is 6.15. The standard InChI is InChI=1S/C10H16N2O4/c1-10(2,3)16-9(15)8(12-11)7(14)5-4-6-13/h13H,4-6H2,1-3H3. The van der Waals surface area contributed by atoms with E-state index in [4.69, 9.17) is 15.4 Å². The molecule has 6 nitrogen and oxygen atoms in total. The van der Waals surface area contributed by atoms with E-state index in [0.717, 1.165) is 0 Å². The average molecular weight is 228 g/mol. The first-order valence-corrected chi connectivity index (χ1v) is 4.91. The maximum absolute atomic E-state index is 11.4. The molecule has 0 heterocycles. The van der Waals surface area contributed by atoms with Crippen LogP contribution < -0.4 is 0 Å². The zero-order chi connectivity index (χ0) is 12.8. The number of ketones is 1. The molecule has 6 heteroatoms. The Hall–Kier alpha value is -1.52. The highest BCUT2D eigenvalue weighted by Crippen LogP contribution is 2.07. The topological polar surface area (TPSA) is 100 Å². The van der Waals surface area contributed by atoms with Crippen LogP contribution in [0.2, 0.25) is 0 Å². The number of Topliss-reactive ketones (excluding diaryl/α,β-unsaturated/α-hetero) is 1. The van der Waals surface area contributed by atoms with Crippen LogP contribution in [0.3, 0.4) is 0 Å². The van der Waals surface area contributed by atoms with E-state index in [1.165, 1.54) is 0 Å². The fourth-order valence-electron chi connectivity index (χ4n) is 0.895. The van der Waals surface area contributed by atoms with Gasteiger partial charge in [-0.1, -0.05) is 0 Å². The zero-order valence-electron chi connectivity index (χ0n) is 9.69. The Balaban J connectivity index is 4.58. The Morgan fingerprint density at radius 2 is 1.94 bits per heavy atom. The normalized spacial score (nSPS) is 10.5. The lowest BCUT2D eigenvalue weighted by molar-refractivity contribution is -0.152. The number of esters is 1. The maximum atomic E-state index is 11.4. The van der Waals surface area contributed by atoms with E-state index in [9.17, 15) is 9.59 Å². The predicted octanol–water partition coefficient (Wildman–Crippen LogP) is 0.340. The number of carbonyl (C=O) groups is 2. The van der Waals surface area contributed by atoms with Gasteiger partial charge in [0.1, 0.15) is 5.60 Å². The summed E-state index contributed by atoms with van der Waals surface area (Å²) in [5.74, 6) is -1.61. The molecule has 0 saturated heterocycles. The number of ether oxygens (including phenoxy) is 1. The van der Waals surface area contributed by atoms with Crippen molar-refractivity contribution in [2.75, 3.05) is 6.61 Å². The van der Waals surface area contributed by atoms with Gasteiger partial charge in [-0.3, -0.25) is 4.79 Å². The molecule has 0 unspecified atom stereocenters. The molecule has 0 bridgehead atoms. The first-order valence-electron chi connectivity index (χ1n) is 4.91. The summed E-state index contributed by atoms with van der Waals surface area (Å²) < 4.78 is 4.88. The van der Waals surface area contributed by atoms with Gasteiger partial charge in [-0.2, -0.15) is 4.79 Å². The summed E-state index contributed by atoms with van der Waals surface area (Å²) >= 11 is 0. The van der Waals surface area contributed by atoms with Crippen molar-refractivity contribution < 1.29 is 24.2 Å². The summed E-state index contributed by atoms with van der Waals surface area (Å²) in [4.78, 5) is 25.4. The number of rotatable bonds is 5. The van der Waals surface area contributed by atoms with E-state index in [1.807, 2.05) is 0 Å². The van der Waals surface area contributed by atoms with E-state index < -0.39 is 23.1 Å². The number of nitrogens with zero attached hydrogens (tertiary/aromatic N) is 2. The Kier molecular flexibility index (Phi) is 5.56. The molecule has 0 aromatic heterocycles. The first-order chi connectivity index (χ1) is 7.31. The Labute approximate surface area is 93.8 Å². The van der Waals surface area contributed by atoms with Crippen LogP contribution in [0.1, 0.15) is 33.6 Å².